The molecule has 0 bridgehead atoms. The molecule has 0 saturated carbocycles. The van der Waals surface area contributed by atoms with Crippen molar-refractivity contribution in [1.82, 2.24) is 20.2 Å². The van der Waals surface area contributed by atoms with E-state index in [-0.39, 0.29) is 17.9 Å². The van der Waals surface area contributed by atoms with Gasteiger partial charge < -0.3 is 10.1 Å². The topological polar surface area (TPSA) is 102 Å². The molecule has 3 amide bonds. The van der Waals surface area contributed by atoms with E-state index < -0.39 is 11.9 Å². The lowest BCUT2D eigenvalue weighted by Gasteiger charge is -2.12. The second kappa shape index (κ2) is 11.1. The Morgan fingerprint density at radius 1 is 1.09 bits per heavy atom. The zero-order valence-corrected chi connectivity index (χ0v) is 19.9. The van der Waals surface area contributed by atoms with Gasteiger partial charge >= 0.3 is 6.03 Å². The highest BCUT2D eigenvalue weighted by Crippen LogP contribution is 2.32. The number of para-hydroxylation sites is 1. The van der Waals surface area contributed by atoms with Gasteiger partial charge in [0.2, 0.25) is 5.91 Å². The normalized spacial score (nSPS) is 10.9. The molecule has 0 unspecified atom stereocenters. The SMILES string of the molecule is COCCNC(=O)NC(=O)CSc1nc2sc(-c3ccccc3)cc2c(=O)n1-c1ccccc1. The zero-order chi connectivity index (χ0) is 23.9. The van der Waals surface area contributed by atoms with Crippen LogP contribution in [0.2, 0.25) is 0 Å². The first-order chi connectivity index (χ1) is 16.6. The number of rotatable bonds is 8. The summed E-state index contributed by atoms with van der Waals surface area (Å²) in [7, 11) is 1.52. The van der Waals surface area contributed by atoms with Gasteiger partial charge in [0.15, 0.2) is 5.16 Å². The molecule has 8 nitrogen and oxygen atoms in total. The fourth-order valence-electron chi connectivity index (χ4n) is 3.21. The van der Waals surface area contributed by atoms with E-state index in [4.69, 9.17) is 9.72 Å². The van der Waals surface area contributed by atoms with E-state index in [1.54, 1.807) is 0 Å². The Morgan fingerprint density at radius 3 is 2.50 bits per heavy atom. The van der Waals surface area contributed by atoms with Gasteiger partial charge in [0.05, 0.1) is 23.4 Å². The number of hydrogen-bond acceptors (Lipinski definition) is 7. The molecule has 0 saturated heterocycles. The lowest BCUT2D eigenvalue weighted by Crippen LogP contribution is -2.41. The highest BCUT2D eigenvalue weighted by Gasteiger charge is 2.18. The van der Waals surface area contributed by atoms with Gasteiger partial charge in [-0.25, -0.2) is 9.78 Å². The van der Waals surface area contributed by atoms with Crippen LogP contribution in [0.25, 0.3) is 26.3 Å². The number of hydrogen-bond donors (Lipinski definition) is 2. The molecule has 34 heavy (non-hydrogen) atoms. The summed E-state index contributed by atoms with van der Waals surface area (Å²) in [5.41, 5.74) is 1.44. The number of ether oxygens (including phenoxy) is 1. The van der Waals surface area contributed by atoms with Gasteiger partial charge in [-0.2, -0.15) is 0 Å². The Bertz CT molecular complexity index is 1350. The molecule has 0 aliphatic heterocycles. The molecular weight excluding hydrogens is 472 g/mol. The average Bonchev–Trinajstić information content (AvgIpc) is 3.29. The first-order valence-corrected chi connectivity index (χ1v) is 12.2. The largest absolute Gasteiger partial charge is 0.383 e. The smallest absolute Gasteiger partial charge is 0.321 e. The second-order valence-electron chi connectivity index (χ2n) is 7.15. The number of thioether (sulfide) groups is 1. The fourth-order valence-corrected chi connectivity index (χ4v) is 5.10. The molecule has 0 atom stereocenters. The van der Waals surface area contributed by atoms with Crippen LogP contribution in [0, 0.1) is 0 Å². The van der Waals surface area contributed by atoms with Crippen LogP contribution < -0.4 is 16.2 Å². The minimum Gasteiger partial charge on any atom is -0.383 e. The number of nitrogens with one attached hydrogen (secondary N) is 2. The summed E-state index contributed by atoms with van der Waals surface area (Å²) < 4.78 is 6.36. The van der Waals surface area contributed by atoms with Crippen molar-refractivity contribution in [2.24, 2.45) is 0 Å². The van der Waals surface area contributed by atoms with Crippen molar-refractivity contribution in [3.05, 3.63) is 77.1 Å². The Kier molecular flexibility index (Phi) is 7.73. The molecule has 10 heteroatoms. The predicted octanol–water partition coefficient (Wildman–Crippen LogP) is 3.68. The van der Waals surface area contributed by atoms with Crippen molar-refractivity contribution < 1.29 is 14.3 Å². The van der Waals surface area contributed by atoms with E-state index in [0.29, 0.717) is 27.7 Å². The highest BCUT2D eigenvalue weighted by molar-refractivity contribution is 7.99. The van der Waals surface area contributed by atoms with Crippen LogP contribution in [0.1, 0.15) is 0 Å². The van der Waals surface area contributed by atoms with Crippen LogP contribution in [0.3, 0.4) is 0 Å². The Labute approximate surface area is 204 Å². The minimum atomic E-state index is -0.600. The lowest BCUT2D eigenvalue weighted by atomic mass is 10.2. The van der Waals surface area contributed by atoms with Crippen LogP contribution in [-0.4, -0.2) is 47.5 Å². The summed E-state index contributed by atoms with van der Waals surface area (Å²) in [5, 5.41) is 5.68. The lowest BCUT2D eigenvalue weighted by molar-refractivity contribution is -0.117. The predicted molar refractivity (Wildman–Crippen MR) is 135 cm³/mol. The minimum absolute atomic E-state index is 0.0839. The van der Waals surface area contributed by atoms with Gasteiger partial charge in [-0.1, -0.05) is 60.3 Å². The van der Waals surface area contributed by atoms with Gasteiger partial charge in [0.1, 0.15) is 4.83 Å². The second-order valence-corrected chi connectivity index (χ2v) is 9.12. The number of carbonyl (C=O) groups excluding carboxylic acids is 2. The fraction of sp³-hybridized carbons (Fsp3) is 0.167. The number of methoxy groups -OCH3 is 1. The Balaban J connectivity index is 1.64. The van der Waals surface area contributed by atoms with Gasteiger partial charge in [0, 0.05) is 18.5 Å². The van der Waals surface area contributed by atoms with Crippen LogP contribution >= 0.6 is 23.1 Å². The van der Waals surface area contributed by atoms with E-state index >= 15 is 0 Å². The average molecular weight is 495 g/mol. The monoisotopic (exact) mass is 494 g/mol. The standard InChI is InChI=1S/C24H22N4O4S2/c1-32-13-12-25-23(31)26-20(29)15-33-24-27-21-18(14-19(34-21)16-8-4-2-5-9-16)22(30)28(24)17-10-6-3-7-11-17/h2-11,14H,12-13,15H2,1H3,(H2,25,26,29,31). The van der Waals surface area contributed by atoms with E-state index in [1.165, 1.54) is 23.0 Å². The van der Waals surface area contributed by atoms with Gasteiger partial charge in [-0.3, -0.25) is 19.5 Å². The zero-order valence-electron chi connectivity index (χ0n) is 18.3. The maximum atomic E-state index is 13.5. The molecule has 0 fully saturated rings. The first-order valence-electron chi connectivity index (χ1n) is 10.4. The number of aromatic nitrogens is 2. The maximum absolute atomic E-state index is 13.5. The maximum Gasteiger partial charge on any atom is 0.321 e. The summed E-state index contributed by atoms with van der Waals surface area (Å²) in [4.78, 5) is 43.9. The number of urea groups is 1. The van der Waals surface area contributed by atoms with Crippen LogP contribution in [0.5, 0.6) is 0 Å². The van der Waals surface area contributed by atoms with Crippen molar-refractivity contribution >= 4 is 45.3 Å². The third kappa shape index (κ3) is 5.53. The molecular formula is C24H22N4O4S2. The number of thiophene rings is 1. The summed E-state index contributed by atoms with van der Waals surface area (Å²) in [6.07, 6.45) is 0. The Morgan fingerprint density at radius 2 is 1.79 bits per heavy atom. The molecule has 0 radical (unpaired) electrons. The van der Waals surface area contributed by atoms with E-state index in [0.717, 1.165) is 22.2 Å². The van der Waals surface area contributed by atoms with Gasteiger partial charge in [-0.15, -0.1) is 11.3 Å². The van der Waals surface area contributed by atoms with Crippen molar-refractivity contribution in [3.63, 3.8) is 0 Å². The Hall–Kier alpha value is -3.47. The summed E-state index contributed by atoms with van der Waals surface area (Å²) in [6, 6.07) is 20.2. The number of benzene rings is 2. The molecule has 4 aromatic rings. The molecule has 0 aliphatic rings. The molecule has 2 N–H and O–H groups in total. The van der Waals surface area contributed by atoms with Crippen molar-refractivity contribution in [2.75, 3.05) is 26.0 Å². The number of amides is 3. The van der Waals surface area contributed by atoms with Gasteiger partial charge in [0.25, 0.3) is 5.56 Å². The van der Waals surface area contributed by atoms with E-state index in [2.05, 4.69) is 10.6 Å². The number of carbonyl (C=O) groups is 2. The van der Waals surface area contributed by atoms with Gasteiger partial charge in [-0.05, 0) is 23.8 Å². The van der Waals surface area contributed by atoms with Crippen LogP contribution in [0.15, 0.2) is 76.7 Å². The molecule has 2 heterocycles. The third-order valence-electron chi connectivity index (χ3n) is 4.78. The van der Waals surface area contributed by atoms with Crippen LogP contribution in [0.4, 0.5) is 4.79 Å². The molecule has 174 valence electrons. The summed E-state index contributed by atoms with van der Waals surface area (Å²) >= 11 is 2.52. The van der Waals surface area contributed by atoms with Crippen molar-refractivity contribution in [1.29, 1.82) is 0 Å². The number of imide groups is 1. The summed E-state index contributed by atoms with van der Waals surface area (Å²) in [5.74, 6) is -0.579. The quantitative estimate of drug-likeness (QED) is 0.220. The van der Waals surface area contributed by atoms with Crippen LogP contribution in [-0.2, 0) is 9.53 Å². The van der Waals surface area contributed by atoms with Crippen molar-refractivity contribution in [3.8, 4) is 16.1 Å². The third-order valence-corrected chi connectivity index (χ3v) is 6.80. The molecule has 0 aliphatic carbocycles. The van der Waals surface area contributed by atoms with Crippen molar-refractivity contribution in [2.45, 2.75) is 5.16 Å². The molecule has 4 rings (SSSR count). The number of nitrogens with zero attached hydrogens (tertiary/aromatic N) is 2. The molecule has 2 aromatic carbocycles. The van der Waals surface area contributed by atoms with E-state index in [1.807, 2.05) is 66.7 Å². The molecule has 0 spiro atoms. The van der Waals surface area contributed by atoms with E-state index in [9.17, 15) is 14.4 Å². The summed E-state index contributed by atoms with van der Waals surface area (Å²) in [6.45, 7) is 0.631. The highest BCUT2D eigenvalue weighted by atomic mass is 32.2. The molecule has 2 aromatic heterocycles. The first kappa shape index (κ1) is 23.7. The number of fused-ring (bicyclic) bond motifs is 1.